The first-order valence-electron chi connectivity index (χ1n) is 3.19. The molecule has 0 bridgehead atoms. The maximum absolute atomic E-state index is 5.09. The fraction of sp³-hybridized carbons (Fsp3) is 0.500. The molecule has 4 nitrogen and oxygen atoms in total. The van der Waals surface area contributed by atoms with Gasteiger partial charge in [-0.15, -0.1) is 0 Å². The average molecular weight is 175 g/mol. The molecule has 1 heterocycles. The molecule has 11 heavy (non-hydrogen) atoms. The first-order valence-corrected chi connectivity index (χ1v) is 4.33. The second kappa shape index (κ2) is 3.81. The second-order valence-electron chi connectivity index (χ2n) is 2.06. The summed E-state index contributed by atoms with van der Waals surface area (Å²) in [7, 11) is 4.29. The number of imidazole rings is 1. The number of rotatable bonds is 3. The number of hydrogen-bond donors (Lipinski definition) is 0. The zero-order valence-electron chi connectivity index (χ0n) is 6.89. The molecular formula is C6H12N2O2P+. The molecule has 62 valence electrons. The molecule has 0 fully saturated rings. The van der Waals surface area contributed by atoms with Crippen LogP contribution in [0.25, 0.3) is 0 Å². The molecule has 0 saturated carbocycles. The van der Waals surface area contributed by atoms with Gasteiger partial charge >= 0.3 is 8.53 Å². The van der Waals surface area contributed by atoms with Crippen molar-refractivity contribution in [2.75, 3.05) is 14.2 Å². The molecule has 5 heteroatoms. The Balaban J connectivity index is 2.73. The zero-order valence-corrected chi connectivity index (χ0v) is 7.78. The van der Waals surface area contributed by atoms with Crippen LogP contribution >= 0.6 is 8.53 Å². The lowest BCUT2D eigenvalue weighted by molar-refractivity contribution is -0.670. The summed E-state index contributed by atoms with van der Waals surface area (Å²) in [6.45, 7) is 0. The van der Waals surface area contributed by atoms with Crippen molar-refractivity contribution in [2.45, 2.75) is 0 Å². The molecule has 1 aromatic rings. The van der Waals surface area contributed by atoms with Crippen LogP contribution < -0.4 is 4.57 Å². The highest BCUT2D eigenvalue weighted by atomic mass is 31.2. The van der Waals surface area contributed by atoms with Crippen molar-refractivity contribution in [3.05, 3.63) is 18.7 Å². The van der Waals surface area contributed by atoms with Crippen LogP contribution in [0.4, 0.5) is 0 Å². The molecule has 1 rings (SSSR count). The highest BCUT2D eigenvalue weighted by molar-refractivity contribution is 7.45. The Bertz CT molecular complexity index is 222. The standard InChI is InChI=1S/C6H12N2O2P/c1-7-4-5-8(6-7)11(9-2)10-3/h4-6H,1-3H3/q+1. The third-order valence-corrected chi connectivity index (χ3v) is 2.49. The van der Waals surface area contributed by atoms with Crippen LogP contribution in [0, 0.1) is 0 Å². The van der Waals surface area contributed by atoms with Crippen molar-refractivity contribution in [1.82, 2.24) is 4.34 Å². The van der Waals surface area contributed by atoms with E-state index in [1.807, 2.05) is 34.7 Å². The molecule has 0 spiro atoms. The number of hydrogen-bond acceptors (Lipinski definition) is 2. The summed E-state index contributed by atoms with van der Waals surface area (Å²) in [5, 5.41) is 0. The molecule has 0 aliphatic rings. The van der Waals surface area contributed by atoms with E-state index >= 15 is 0 Å². The van der Waals surface area contributed by atoms with Crippen LogP contribution in [0.3, 0.4) is 0 Å². The molecule has 1 aromatic heterocycles. The van der Waals surface area contributed by atoms with E-state index in [2.05, 4.69) is 0 Å². The minimum atomic E-state index is -0.935. The van der Waals surface area contributed by atoms with Gasteiger partial charge in [-0.3, -0.25) is 0 Å². The van der Waals surface area contributed by atoms with Crippen LogP contribution in [0.1, 0.15) is 0 Å². The van der Waals surface area contributed by atoms with Crippen molar-refractivity contribution in [3.8, 4) is 0 Å². The van der Waals surface area contributed by atoms with E-state index in [-0.39, 0.29) is 0 Å². The molecule has 0 atom stereocenters. The van der Waals surface area contributed by atoms with Gasteiger partial charge in [0, 0.05) is 14.2 Å². The lowest BCUT2D eigenvalue weighted by Crippen LogP contribution is -2.23. The van der Waals surface area contributed by atoms with Crippen LogP contribution in [0.2, 0.25) is 0 Å². The normalized spacial score (nSPS) is 10.9. The van der Waals surface area contributed by atoms with Crippen molar-refractivity contribution >= 4 is 8.53 Å². The highest BCUT2D eigenvalue weighted by Crippen LogP contribution is 2.36. The Labute approximate surface area is 67.3 Å². The number of aryl methyl sites for hydroxylation is 1. The monoisotopic (exact) mass is 175 g/mol. The Kier molecular flexibility index (Phi) is 3.00. The summed E-state index contributed by atoms with van der Waals surface area (Å²) in [5.74, 6) is 0. The fourth-order valence-electron chi connectivity index (χ4n) is 0.797. The molecule has 0 aliphatic carbocycles. The van der Waals surface area contributed by atoms with Crippen molar-refractivity contribution in [1.29, 1.82) is 0 Å². The first-order chi connectivity index (χ1) is 5.27. The van der Waals surface area contributed by atoms with Gasteiger partial charge in [0.1, 0.15) is 12.4 Å². The van der Waals surface area contributed by atoms with E-state index in [0.717, 1.165) is 0 Å². The van der Waals surface area contributed by atoms with Gasteiger partial charge in [0.15, 0.2) is 0 Å². The highest BCUT2D eigenvalue weighted by Gasteiger charge is 2.16. The fourth-order valence-corrected chi connectivity index (χ4v) is 1.74. The van der Waals surface area contributed by atoms with Crippen molar-refractivity contribution < 1.29 is 13.6 Å². The lowest BCUT2D eigenvalue weighted by atomic mass is 10.9. The maximum atomic E-state index is 5.09. The largest absolute Gasteiger partial charge is 0.402 e. The summed E-state index contributed by atoms with van der Waals surface area (Å²) in [6.07, 6.45) is 5.77. The number of nitrogens with zero attached hydrogens (tertiary/aromatic N) is 2. The van der Waals surface area contributed by atoms with Crippen LogP contribution in [-0.4, -0.2) is 18.6 Å². The Morgan fingerprint density at radius 3 is 2.36 bits per heavy atom. The number of aromatic nitrogens is 2. The van der Waals surface area contributed by atoms with Crippen molar-refractivity contribution in [2.24, 2.45) is 7.05 Å². The molecule has 0 aliphatic heterocycles. The minimum Gasteiger partial charge on any atom is -0.302 e. The smallest absolute Gasteiger partial charge is 0.302 e. The summed E-state index contributed by atoms with van der Waals surface area (Å²) in [6, 6.07) is 0. The van der Waals surface area contributed by atoms with E-state index < -0.39 is 8.53 Å². The van der Waals surface area contributed by atoms with Gasteiger partial charge in [0.05, 0.1) is 7.05 Å². The quantitative estimate of drug-likeness (QED) is 0.499. The van der Waals surface area contributed by atoms with Gasteiger partial charge in [0.2, 0.25) is 6.33 Å². The second-order valence-corrected chi connectivity index (χ2v) is 3.73. The summed E-state index contributed by atoms with van der Waals surface area (Å²) in [5.41, 5.74) is 0. The summed E-state index contributed by atoms with van der Waals surface area (Å²) < 4.78 is 14.0. The zero-order chi connectivity index (χ0) is 8.27. The third kappa shape index (κ3) is 1.99. The Hall–Kier alpha value is -0.440. The minimum absolute atomic E-state index is 0.935. The molecular weight excluding hydrogens is 163 g/mol. The van der Waals surface area contributed by atoms with Crippen LogP contribution in [0.15, 0.2) is 18.7 Å². The molecule has 0 saturated heterocycles. The maximum Gasteiger partial charge on any atom is 0.402 e. The molecule has 0 radical (unpaired) electrons. The van der Waals surface area contributed by atoms with Crippen LogP contribution in [0.5, 0.6) is 0 Å². The summed E-state index contributed by atoms with van der Waals surface area (Å²) in [4.78, 5) is 0. The van der Waals surface area contributed by atoms with E-state index in [1.54, 1.807) is 14.2 Å². The van der Waals surface area contributed by atoms with Gasteiger partial charge in [0.25, 0.3) is 0 Å². The lowest BCUT2D eigenvalue weighted by Gasteiger charge is -2.04. The first kappa shape index (κ1) is 8.65. The van der Waals surface area contributed by atoms with Gasteiger partial charge < -0.3 is 9.05 Å². The van der Waals surface area contributed by atoms with Gasteiger partial charge in [-0.1, -0.05) is 0 Å². The van der Waals surface area contributed by atoms with Crippen LogP contribution in [-0.2, 0) is 16.1 Å². The Morgan fingerprint density at radius 1 is 1.36 bits per heavy atom. The predicted octanol–water partition coefficient (Wildman–Crippen LogP) is 0.680. The topological polar surface area (TPSA) is 27.3 Å². The summed E-state index contributed by atoms with van der Waals surface area (Å²) >= 11 is 0. The van der Waals surface area contributed by atoms with E-state index in [4.69, 9.17) is 9.05 Å². The SMILES string of the molecule is COP(OC)n1cc[n+](C)c1. The van der Waals surface area contributed by atoms with Gasteiger partial charge in [-0.25, -0.2) is 4.57 Å². The molecule has 0 aromatic carbocycles. The van der Waals surface area contributed by atoms with Gasteiger partial charge in [-0.05, 0) is 0 Å². The molecule has 0 N–H and O–H groups in total. The molecule has 0 amide bonds. The van der Waals surface area contributed by atoms with E-state index in [9.17, 15) is 0 Å². The average Bonchev–Trinajstić information content (AvgIpc) is 2.39. The Morgan fingerprint density at radius 2 is 2.00 bits per heavy atom. The molecule has 0 unspecified atom stereocenters. The predicted molar refractivity (Wildman–Crippen MR) is 41.9 cm³/mol. The third-order valence-electron chi connectivity index (χ3n) is 1.26. The van der Waals surface area contributed by atoms with Gasteiger partial charge in [-0.2, -0.15) is 4.34 Å². The van der Waals surface area contributed by atoms with E-state index in [1.165, 1.54) is 0 Å². The van der Waals surface area contributed by atoms with Crippen molar-refractivity contribution in [3.63, 3.8) is 0 Å². The van der Waals surface area contributed by atoms with E-state index in [0.29, 0.717) is 0 Å².